The lowest BCUT2D eigenvalue weighted by Gasteiger charge is -2.21. The minimum atomic E-state index is 1.08. The van der Waals surface area contributed by atoms with Crippen LogP contribution in [0, 0.1) is 0 Å². The average molecular weight is 368 g/mol. The Morgan fingerprint density at radius 3 is 1.50 bits per heavy atom. The van der Waals surface area contributed by atoms with E-state index in [0.29, 0.717) is 0 Å². The Morgan fingerprint density at radius 2 is 1.04 bits per heavy atom. The maximum atomic E-state index is 4.84. The van der Waals surface area contributed by atoms with Gasteiger partial charge >= 0.3 is 0 Å². The number of nitrogens with zero attached hydrogens (tertiary/aromatic N) is 4. The molecule has 6 rings (SSSR count). The van der Waals surface area contributed by atoms with Crippen LogP contribution in [0.5, 0.6) is 0 Å². The van der Waals surface area contributed by atoms with Gasteiger partial charge in [-0.15, -0.1) is 0 Å². The van der Waals surface area contributed by atoms with Crippen LogP contribution in [0.2, 0.25) is 0 Å². The first-order valence-electron chi connectivity index (χ1n) is 10.5. The van der Waals surface area contributed by atoms with Gasteiger partial charge in [-0.25, -0.2) is 0 Å². The van der Waals surface area contributed by atoms with Crippen molar-refractivity contribution in [3.05, 3.63) is 48.8 Å². The summed E-state index contributed by atoms with van der Waals surface area (Å²) in [6, 6.07) is 13.3. The van der Waals surface area contributed by atoms with Crippen molar-refractivity contribution in [2.24, 2.45) is 0 Å². The van der Waals surface area contributed by atoms with Crippen molar-refractivity contribution in [3.8, 4) is 0 Å². The summed E-state index contributed by atoms with van der Waals surface area (Å²) >= 11 is 0. The van der Waals surface area contributed by atoms with Crippen LogP contribution in [0.25, 0.3) is 32.6 Å². The van der Waals surface area contributed by atoms with Crippen LogP contribution in [-0.2, 0) is 0 Å². The molecule has 0 aliphatic carbocycles. The zero-order valence-electron chi connectivity index (χ0n) is 16.1. The fraction of sp³-hybridized carbons (Fsp3) is 0.333. The number of rotatable bonds is 2. The Bertz CT molecular complexity index is 1100. The molecule has 0 amide bonds. The molecular formula is C24H24N4. The number of fused-ring (bicyclic) bond motifs is 5. The van der Waals surface area contributed by atoms with Crippen LogP contribution in [-0.4, -0.2) is 36.1 Å². The normalized spacial score (nSPS) is 17.4. The summed E-state index contributed by atoms with van der Waals surface area (Å²) in [7, 11) is 0. The molecule has 2 fully saturated rings. The van der Waals surface area contributed by atoms with Crippen LogP contribution >= 0.6 is 0 Å². The van der Waals surface area contributed by atoms with Gasteiger partial charge in [-0.2, -0.15) is 0 Å². The fourth-order valence-electron chi connectivity index (χ4n) is 5.07. The van der Waals surface area contributed by atoms with Gasteiger partial charge < -0.3 is 9.80 Å². The maximum absolute atomic E-state index is 4.84. The van der Waals surface area contributed by atoms with E-state index in [0.717, 1.165) is 37.2 Å². The Balaban J connectivity index is 1.66. The first kappa shape index (κ1) is 16.1. The van der Waals surface area contributed by atoms with Crippen molar-refractivity contribution >= 4 is 44.0 Å². The molecule has 28 heavy (non-hydrogen) atoms. The molecule has 2 aromatic carbocycles. The van der Waals surface area contributed by atoms with Crippen molar-refractivity contribution in [1.82, 2.24) is 9.97 Å². The van der Waals surface area contributed by atoms with Crippen LogP contribution in [0.15, 0.2) is 48.8 Å². The van der Waals surface area contributed by atoms with Crippen LogP contribution < -0.4 is 9.80 Å². The molecular weight excluding hydrogens is 344 g/mol. The van der Waals surface area contributed by atoms with Crippen molar-refractivity contribution in [1.29, 1.82) is 0 Å². The van der Waals surface area contributed by atoms with E-state index < -0.39 is 0 Å². The Labute approximate surface area is 164 Å². The van der Waals surface area contributed by atoms with Gasteiger partial charge in [0, 0.05) is 66.1 Å². The molecule has 4 nitrogen and oxygen atoms in total. The zero-order valence-corrected chi connectivity index (χ0v) is 16.1. The molecule has 2 aromatic heterocycles. The smallest absolute Gasteiger partial charge is 0.0823 e. The predicted octanol–water partition coefficient (Wildman–Crippen LogP) is 5.14. The number of hydrogen-bond donors (Lipinski definition) is 0. The molecule has 0 atom stereocenters. The van der Waals surface area contributed by atoms with Gasteiger partial charge in [-0.1, -0.05) is 24.3 Å². The molecule has 2 aliphatic heterocycles. The lowest BCUT2D eigenvalue weighted by Crippen LogP contribution is -2.18. The van der Waals surface area contributed by atoms with Gasteiger partial charge in [-0.05, 0) is 43.2 Å². The van der Waals surface area contributed by atoms with Crippen molar-refractivity contribution in [3.63, 3.8) is 0 Å². The molecule has 140 valence electrons. The van der Waals surface area contributed by atoms with E-state index in [2.05, 4.69) is 46.2 Å². The summed E-state index contributed by atoms with van der Waals surface area (Å²) < 4.78 is 0. The van der Waals surface area contributed by atoms with E-state index in [-0.39, 0.29) is 0 Å². The standard InChI is InChI=1S/C24H24N4/c1-2-14-27(13-1)20-9-11-25-23-18(20)7-5-17-6-8-19-21(28-15-3-4-16-28)10-12-26-24(19)22(17)23/h5-12H,1-4,13-16H2. The summed E-state index contributed by atoms with van der Waals surface area (Å²) in [5.41, 5.74) is 4.80. The Hall–Kier alpha value is -2.88. The summed E-state index contributed by atoms with van der Waals surface area (Å²) in [5.74, 6) is 0. The molecule has 2 saturated heterocycles. The van der Waals surface area contributed by atoms with Gasteiger partial charge in [0.15, 0.2) is 0 Å². The topological polar surface area (TPSA) is 32.3 Å². The summed E-state index contributed by atoms with van der Waals surface area (Å²) in [6.07, 6.45) is 9.06. The second kappa shape index (κ2) is 6.33. The van der Waals surface area contributed by atoms with E-state index in [1.54, 1.807) is 0 Å². The van der Waals surface area contributed by atoms with E-state index in [9.17, 15) is 0 Å². The first-order chi connectivity index (χ1) is 13.9. The number of anilines is 2. The van der Waals surface area contributed by atoms with Crippen molar-refractivity contribution < 1.29 is 0 Å². The molecule has 0 unspecified atom stereocenters. The summed E-state index contributed by atoms with van der Waals surface area (Å²) in [6.45, 7) is 4.57. The highest BCUT2D eigenvalue weighted by molar-refractivity contribution is 6.20. The largest absolute Gasteiger partial charge is 0.371 e. The molecule has 0 spiro atoms. The SMILES string of the molecule is c1cc(N2CCCC2)c2ccc3ccc4c(N5CCCC5)ccnc4c3c2n1. The highest BCUT2D eigenvalue weighted by Crippen LogP contribution is 2.37. The molecule has 0 radical (unpaired) electrons. The predicted molar refractivity (Wildman–Crippen MR) is 117 cm³/mol. The highest BCUT2D eigenvalue weighted by atomic mass is 15.1. The molecule has 4 heteroatoms. The number of hydrogen-bond acceptors (Lipinski definition) is 4. The fourth-order valence-corrected chi connectivity index (χ4v) is 5.07. The quantitative estimate of drug-likeness (QED) is 0.459. The maximum Gasteiger partial charge on any atom is 0.0823 e. The minimum Gasteiger partial charge on any atom is -0.371 e. The monoisotopic (exact) mass is 368 g/mol. The molecule has 4 heterocycles. The van der Waals surface area contributed by atoms with E-state index in [1.807, 2.05) is 12.4 Å². The Kier molecular flexibility index (Phi) is 3.64. The summed E-state index contributed by atoms with van der Waals surface area (Å²) in [5, 5.41) is 4.91. The number of aromatic nitrogens is 2. The highest BCUT2D eigenvalue weighted by Gasteiger charge is 2.19. The van der Waals surface area contributed by atoms with Gasteiger partial charge in [0.25, 0.3) is 0 Å². The Morgan fingerprint density at radius 1 is 0.571 bits per heavy atom. The molecule has 0 bridgehead atoms. The summed E-state index contributed by atoms with van der Waals surface area (Å²) in [4.78, 5) is 14.7. The van der Waals surface area contributed by atoms with E-state index in [4.69, 9.17) is 9.97 Å². The minimum absolute atomic E-state index is 1.08. The zero-order chi connectivity index (χ0) is 18.5. The second-order valence-corrected chi connectivity index (χ2v) is 8.07. The third-order valence-electron chi connectivity index (χ3n) is 6.45. The van der Waals surface area contributed by atoms with Gasteiger partial charge in [0.05, 0.1) is 11.0 Å². The lowest BCUT2D eigenvalue weighted by molar-refractivity contribution is 0.949. The second-order valence-electron chi connectivity index (χ2n) is 8.07. The van der Waals surface area contributed by atoms with Gasteiger partial charge in [-0.3, -0.25) is 9.97 Å². The van der Waals surface area contributed by atoms with E-state index >= 15 is 0 Å². The third kappa shape index (κ3) is 2.37. The molecule has 4 aromatic rings. The number of benzene rings is 2. The first-order valence-corrected chi connectivity index (χ1v) is 10.5. The molecule has 0 N–H and O–H groups in total. The van der Waals surface area contributed by atoms with Crippen LogP contribution in [0.1, 0.15) is 25.7 Å². The third-order valence-corrected chi connectivity index (χ3v) is 6.45. The van der Waals surface area contributed by atoms with Crippen molar-refractivity contribution in [2.75, 3.05) is 36.0 Å². The van der Waals surface area contributed by atoms with E-state index in [1.165, 1.54) is 58.6 Å². The van der Waals surface area contributed by atoms with Gasteiger partial charge in [0.1, 0.15) is 0 Å². The number of pyridine rings is 2. The van der Waals surface area contributed by atoms with Crippen molar-refractivity contribution in [2.45, 2.75) is 25.7 Å². The lowest BCUT2D eigenvalue weighted by atomic mass is 10.0. The molecule has 2 aliphatic rings. The van der Waals surface area contributed by atoms with Crippen LogP contribution in [0.4, 0.5) is 11.4 Å². The van der Waals surface area contributed by atoms with Gasteiger partial charge in [0.2, 0.25) is 0 Å². The van der Waals surface area contributed by atoms with Crippen LogP contribution in [0.3, 0.4) is 0 Å². The molecule has 0 saturated carbocycles. The average Bonchev–Trinajstić information content (AvgIpc) is 3.46.